The highest BCUT2D eigenvalue weighted by atomic mass is 35.5. The van der Waals surface area contributed by atoms with Crippen molar-refractivity contribution in [2.24, 2.45) is 11.8 Å². The van der Waals surface area contributed by atoms with E-state index < -0.39 is 5.97 Å². The molecule has 5 heteroatoms. The summed E-state index contributed by atoms with van der Waals surface area (Å²) in [6.45, 7) is 4.12. The van der Waals surface area contributed by atoms with Crippen LogP contribution in [-0.2, 0) is 9.53 Å². The first kappa shape index (κ1) is 16.8. The van der Waals surface area contributed by atoms with Crippen molar-refractivity contribution >= 4 is 23.5 Å². The van der Waals surface area contributed by atoms with Crippen LogP contribution in [0, 0.1) is 11.8 Å². The fraction of sp³-hybridized carbons (Fsp3) is 0.529. The lowest BCUT2D eigenvalue weighted by Gasteiger charge is -2.34. The van der Waals surface area contributed by atoms with Crippen molar-refractivity contribution in [3.63, 3.8) is 0 Å². The molecule has 3 atom stereocenters. The van der Waals surface area contributed by atoms with E-state index >= 15 is 0 Å². The molecule has 1 aromatic carbocycles. The van der Waals surface area contributed by atoms with Crippen LogP contribution >= 0.6 is 11.6 Å². The van der Waals surface area contributed by atoms with Gasteiger partial charge in [0.25, 0.3) is 5.91 Å². The molecule has 1 N–H and O–H groups in total. The number of nitrogens with one attached hydrogen (secondary N) is 1. The van der Waals surface area contributed by atoms with E-state index in [9.17, 15) is 9.59 Å². The minimum Gasteiger partial charge on any atom is -0.452 e. The molecule has 1 amide bonds. The molecule has 0 radical (unpaired) electrons. The molecule has 1 aliphatic carbocycles. The Morgan fingerprint density at radius 1 is 1.23 bits per heavy atom. The highest BCUT2D eigenvalue weighted by Crippen LogP contribution is 2.29. The van der Waals surface area contributed by atoms with Gasteiger partial charge < -0.3 is 10.1 Å². The first-order valence-corrected chi connectivity index (χ1v) is 8.07. The van der Waals surface area contributed by atoms with Crippen LogP contribution < -0.4 is 5.32 Å². The van der Waals surface area contributed by atoms with Crippen LogP contribution in [0.2, 0.25) is 5.02 Å². The van der Waals surface area contributed by atoms with E-state index in [0.29, 0.717) is 22.4 Å². The fourth-order valence-corrected chi connectivity index (χ4v) is 2.96. The van der Waals surface area contributed by atoms with E-state index in [1.54, 1.807) is 24.3 Å². The van der Waals surface area contributed by atoms with Gasteiger partial charge in [-0.25, -0.2) is 4.79 Å². The summed E-state index contributed by atoms with van der Waals surface area (Å²) in [5.74, 6) is 0.297. The van der Waals surface area contributed by atoms with Crippen molar-refractivity contribution in [2.45, 2.75) is 39.2 Å². The van der Waals surface area contributed by atoms with Crippen molar-refractivity contribution in [1.82, 2.24) is 5.32 Å². The molecule has 3 unspecified atom stereocenters. The lowest BCUT2D eigenvalue weighted by atomic mass is 9.78. The van der Waals surface area contributed by atoms with Gasteiger partial charge >= 0.3 is 5.97 Å². The van der Waals surface area contributed by atoms with Gasteiger partial charge in [0.2, 0.25) is 0 Å². The van der Waals surface area contributed by atoms with Gasteiger partial charge in [0, 0.05) is 11.1 Å². The third-order valence-electron chi connectivity index (χ3n) is 4.47. The Morgan fingerprint density at radius 3 is 2.59 bits per heavy atom. The van der Waals surface area contributed by atoms with Crippen molar-refractivity contribution < 1.29 is 14.3 Å². The Balaban J connectivity index is 1.80. The summed E-state index contributed by atoms with van der Waals surface area (Å²) in [6, 6.07) is 6.55. The van der Waals surface area contributed by atoms with E-state index in [-0.39, 0.29) is 18.6 Å². The molecule has 2 rings (SSSR count). The van der Waals surface area contributed by atoms with Crippen LogP contribution in [0.4, 0.5) is 0 Å². The first-order chi connectivity index (χ1) is 10.5. The Hall–Kier alpha value is -1.55. The predicted octanol–water partition coefficient (Wildman–Crippen LogP) is 3.44. The SMILES string of the molecule is CC1CCCC(NC(=O)COC(=O)c2ccc(Cl)cc2)C1C. The number of halogens is 1. The maximum absolute atomic E-state index is 11.9. The molecule has 0 spiro atoms. The van der Waals surface area contributed by atoms with E-state index in [1.807, 2.05) is 0 Å². The lowest BCUT2D eigenvalue weighted by Crippen LogP contribution is -2.45. The molecule has 0 heterocycles. The number of hydrogen-bond acceptors (Lipinski definition) is 3. The Labute approximate surface area is 136 Å². The number of carbonyl (C=O) groups excluding carboxylic acids is 2. The van der Waals surface area contributed by atoms with Gasteiger partial charge in [-0.2, -0.15) is 0 Å². The Kier molecular flexibility index (Phi) is 5.83. The molecule has 4 nitrogen and oxygen atoms in total. The average Bonchev–Trinajstić information content (AvgIpc) is 2.50. The second kappa shape index (κ2) is 7.63. The molecule has 0 aliphatic heterocycles. The van der Waals surface area contributed by atoms with Gasteiger partial charge in [0.15, 0.2) is 6.61 Å². The number of carbonyl (C=O) groups is 2. The van der Waals surface area contributed by atoms with Gasteiger partial charge in [0.1, 0.15) is 0 Å². The number of esters is 1. The number of benzene rings is 1. The molecule has 0 aromatic heterocycles. The molecule has 0 saturated heterocycles. The summed E-state index contributed by atoms with van der Waals surface area (Å²) in [5, 5.41) is 3.53. The number of amides is 1. The third kappa shape index (κ3) is 4.47. The zero-order chi connectivity index (χ0) is 16.1. The van der Waals surface area contributed by atoms with Gasteiger partial charge in [-0.05, 0) is 42.5 Å². The van der Waals surface area contributed by atoms with Crippen molar-refractivity contribution in [2.75, 3.05) is 6.61 Å². The maximum atomic E-state index is 11.9. The molecule has 1 aromatic rings. The van der Waals surface area contributed by atoms with Gasteiger partial charge in [-0.15, -0.1) is 0 Å². The average molecular weight is 324 g/mol. The summed E-state index contributed by atoms with van der Waals surface area (Å²) in [4.78, 5) is 23.8. The van der Waals surface area contributed by atoms with Gasteiger partial charge in [-0.1, -0.05) is 38.3 Å². The molecule has 1 aliphatic rings. The molecule has 120 valence electrons. The van der Waals surface area contributed by atoms with Crippen LogP contribution in [-0.4, -0.2) is 24.5 Å². The molecular weight excluding hydrogens is 302 g/mol. The monoisotopic (exact) mass is 323 g/mol. The zero-order valence-electron chi connectivity index (χ0n) is 13.0. The minimum atomic E-state index is -0.517. The van der Waals surface area contributed by atoms with Gasteiger partial charge in [-0.3, -0.25) is 4.79 Å². The van der Waals surface area contributed by atoms with Crippen molar-refractivity contribution in [3.05, 3.63) is 34.9 Å². The molecule has 1 fully saturated rings. The molecule has 1 saturated carbocycles. The summed E-state index contributed by atoms with van der Waals surface area (Å²) in [6.07, 6.45) is 3.32. The molecular formula is C17H22ClNO3. The van der Waals surface area contributed by atoms with Crippen LogP contribution in [0.1, 0.15) is 43.5 Å². The Morgan fingerprint density at radius 2 is 1.91 bits per heavy atom. The topological polar surface area (TPSA) is 55.4 Å². The highest BCUT2D eigenvalue weighted by Gasteiger charge is 2.28. The van der Waals surface area contributed by atoms with E-state index in [2.05, 4.69) is 19.2 Å². The highest BCUT2D eigenvalue weighted by molar-refractivity contribution is 6.30. The predicted molar refractivity (Wildman–Crippen MR) is 85.8 cm³/mol. The van der Waals surface area contributed by atoms with Crippen LogP contribution in [0.3, 0.4) is 0 Å². The van der Waals surface area contributed by atoms with Gasteiger partial charge in [0.05, 0.1) is 5.56 Å². The summed E-state index contributed by atoms with van der Waals surface area (Å²) in [5.41, 5.74) is 0.386. The maximum Gasteiger partial charge on any atom is 0.338 e. The van der Waals surface area contributed by atoms with Crippen molar-refractivity contribution in [3.8, 4) is 0 Å². The van der Waals surface area contributed by atoms with Crippen LogP contribution in [0.15, 0.2) is 24.3 Å². The largest absolute Gasteiger partial charge is 0.452 e. The standard InChI is InChI=1S/C17H22ClNO3/c1-11-4-3-5-15(12(11)2)19-16(20)10-22-17(21)13-6-8-14(18)9-7-13/h6-9,11-12,15H,3-5,10H2,1-2H3,(H,19,20). The fourth-order valence-electron chi connectivity index (χ4n) is 2.83. The van der Waals surface area contributed by atoms with E-state index in [1.165, 1.54) is 6.42 Å². The summed E-state index contributed by atoms with van der Waals surface area (Å²) < 4.78 is 5.04. The Bertz CT molecular complexity index is 529. The zero-order valence-corrected chi connectivity index (χ0v) is 13.7. The van der Waals surface area contributed by atoms with Crippen LogP contribution in [0.25, 0.3) is 0 Å². The number of hydrogen-bond donors (Lipinski definition) is 1. The smallest absolute Gasteiger partial charge is 0.338 e. The quantitative estimate of drug-likeness (QED) is 0.864. The number of ether oxygens (including phenoxy) is 1. The second-order valence-corrected chi connectivity index (χ2v) is 6.46. The normalized spacial score (nSPS) is 24.6. The second-order valence-electron chi connectivity index (χ2n) is 6.02. The lowest BCUT2D eigenvalue weighted by molar-refractivity contribution is -0.125. The summed E-state index contributed by atoms with van der Waals surface area (Å²) >= 11 is 5.76. The van der Waals surface area contributed by atoms with E-state index in [0.717, 1.165) is 12.8 Å². The van der Waals surface area contributed by atoms with Crippen LogP contribution in [0.5, 0.6) is 0 Å². The molecule has 22 heavy (non-hydrogen) atoms. The third-order valence-corrected chi connectivity index (χ3v) is 4.72. The number of rotatable bonds is 4. The van der Waals surface area contributed by atoms with E-state index in [4.69, 9.17) is 16.3 Å². The first-order valence-electron chi connectivity index (χ1n) is 7.69. The minimum absolute atomic E-state index is 0.172. The van der Waals surface area contributed by atoms with Crippen molar-refractivity contribution in [1.29, 1.82) is 0 Å². The summed E-state index contributed by atoms with van der Waals surface area (Å²) in [7, 11) is 0. The molecule has 0 bridgehead atoms.